The van der Waals surface area contributed by atoms with Crippen LogP contribution in [0, 0.1) is 17.2 Å². The zero-order chi connectivity index (χ0) is 26.6. The molecule has 6 nitrogen and oxygen atoms in total. The lowest BCUT2D eigenvalue weighted by Gasteiger charge is -2.32. The van der Waals surface area contributed by atoms with Crippen LogP contribution < -0.4 is 10.1 Å². The molecule has 196 valence electrons. The summed E-state index contributed by atoms with van der Waals surface area (Å²) in [6.07, 6.45) is 3.71. The van der Waals surface area contributed by atoms with E-state index in [-0.39, 0.29) is 17.7 Å². The molecule has 1 heterocycles. The molecule has 3 aromatic rings. The van der Waals surface area contributed by atoms with Crippen LogP contribution in [0.5, 0.6) is 5.75 Å². The Morgan fingerprint density at radius 2 is 1.53 bits per heavy atom. The molecule has 2 amide bonds. The van der Waals surface area contributed by atoms with Gasteiger partial charge in [0.15, 0.2) is 0 Å². The number of carbonyl (C=O) groups is 2. The first kappa shape index (κ1) is 26.9. The van der Waals surface area contributed by atoms with E-state index in [1.807, 2.05) is 89.8 Å². The third-order valence-electron chi connectivity index (χ3n) is 7.01. The Balaban J connectivity index is 1.15. The van der Waals surface area contributed by atoms with Gasteiger partial charge in [-0.05, 0) is 54.0 Å². The molecule has 1 unspecified atom stereocenters. The Labute approximate surface area is 225 Å². The summed E-state index contributed by atoms with van der Waals surface area (Å²) in [5, 5.41) is 12.5. The lowest BCUT2D eigenvalue weighted by molar-refractivity contribution is -0.132. The number of rotatable bonds is 11. The number of nitriles is 1. The van der Waals surface area contributed by atoms with Gasteiger partial charge in [-0.1, -0.05) is 72.8 Å². The number of piperidine rings is 1. The van der Waals surface area contributed by atoms with Crippen LogP contribution in [0.15, 0.2) is 84.9 Å². The number of hydrogen-bond acceptors (Lipinski definition) is 4. The molecule has 0 aromatic heterocycles. The molecule has 0 bridgehead atoms. The summed E-state index contributed by atoms with van der Waals surface area (Å²) in [5.41, 5.74) is 3.24. The average Bonchev–Trinajstić information content (AvgIpc) is 2.96. The molecule has 1 N–H and O–H groups in total. The molecule has 0 radical (unpaired) electrons. The maximum absolute atomic E-state index is 12.7. The summed E-state index contributed by atoms with van der Waals surface area (Å²) in [5.74, 6) is 1.07. The van der Waals surface area contributed by atoms with Gasteiger partial charge in [-0.15, -0.1) is 0 Å². The van der Waals surface area contributed by atoms with Crippen molar-refractivity contribution in [3.63, 3.8) is 0 Å². The van der Waals surface area contributed by atoms with E-state index in [0.717, 1.165) is 36.1 Å². The Morgan fingerprint density at radius 3 is 2.16 bits per heavy atom. The molecule has 1 aliphatic heterocycles. The quantitative estimate of drug-likeness (QED) is 0.391. The molecule has 0 saturated carbocycles. The first-order chi connectivity index (χ1) is 18.6. The minimum atomic E-state index is -0.585. The van der Waals surface area contributed by atoms with Gasteiger partial charge in [0.05, 0.1) is 6.07 Å². The highest BCUT2D eigenvalue weighted by Crippen LogP contribution is 2.22. The smallest absolute Gasteiger partial charge is 0.222 e. The second-order valence-corrected chi connectivity index (χ2v) is 9.89. The van der Waals surface area contributed by atoms with E-state index in [4.69, 9.17) is 4.74 Å². The van der Waals surface area contributed by atoms with E-state index in [0.29, 0.717) is 39.0 Å². The third-order valence-corrected chi connectivity index (χ3v) is 7.01. The molecule has 1 fully saturated rings. The maximum atomic E-state index is 12.7. The van der Waals surface area contributed by atoms with Gasteiger partial charge >= 0.3 is 0 Å². The van der Waals surface area contributed by atoms with Gasteiger partial charge in [0.1, 0.15) is 18.4 Å². The van der Waals surface area contributed by atoms with Gasteiger partial charge in [0, 0.05) is 32.4 Å². The molecule has 1 saturated heterocycles. The van der Waals surface area contributed by atoms with Gasteiger partial charge in [0.2, 0.25) is 11.8 Å². The van der Waals surface area contributed by atoms with Crippen molar-refractivity contribution in [3.8, 4) is 11.8 Å². The Bertz CT molecular complexity index is 1200. The predicted octanol–water partition coefficient (Wildman–Crippen LogP) is 5.08. The van der Waals surface area contributed by atoms with Crippen LogP contribution in [0.4, 0.5) is 0 Å². The fourth-order valence-electron chi connectivity index (χ4n) is 4.78. The van der Waals surface area contributed by atoms with Crippen molar-refractivity contribution < 1.29 is 14.3 Å². The summed E-state index contributed by atoms with van der Waals surface area (Å²) in [4.78, 5) is 27.2. The van der Waals surface area contributed by atoms with E-state index in [1.165, 1.54) is 5.56 Å². The molecular weight excluding hydrogens is 474 g/mol. The summed E-state index contributed by atoms with van der Waals surface area (Å²) < 4.78 is 5.82. The summed E-state index contributed by atoms with van der Waals surface area (Å²) in [6, 6.07) is 29.3. The number of benzene rings is 3. The van der Waals surface area contributed by atoms with E-state index in [1.54, 1.807) is 0 Å². The van der Waals surface area contributed by atoms with Crippen molar-refractivity contribution in [3.05, 3.63) is 102 Å². The number of nitrogens with one attached hydrogen (secondary N) is 1. The number of likely N-dealkylation sites (tertiary alicyclic amines) is 1. The van der Waals surface area contributed by atoms with E-state index < -0.39 is 6.04 Å². The predicted molar refractivity (Wildman–Crippen MR) is 147 cm³/mol. The highest BCUT2D eigenvalue weighted by Gasteiger charge is 2.25. The highest BCUT2D eigenvalue weighted by molar-refractivity contribution is 5.77. The van der Waals surface area contributed by atoms with Crippen LogP contribution in [0.3, 0.4) is 0 Å². The summed E-state index contributed by atoms with van der Waals surface area (Å²) in [7, 11) is 0. The molecule has 0 spiro atoms. The van der Waals surface area contributed by atoms with E-state index >= 15 is 0 Å². The molecule has 6 heteroatoms. The summed E-state index contributed by atoms with van der Waals surface area (Å²) in [6.45, 7) is 1.87. The fourth-order valence-corrected chi connectivity index (χ4v) is 4.78. The molecule has 3 aromatic carbocycles. The molecule has 1 atom stereocenters. The molecule has 1 aliphatic rings. The molecular formula is C32H35N3O3. The average molecular weight is 510 g/mol. The number of carbonyl (C=O) groups excluding carboxylic acids is 2. The minimum Gasteiger partial charge on any atom is -0.489 e. The number of nitrogens with zero attached hydrogens (tertiary/aromatic N) is 2. The number of aryl methyl sites for hydroxylation is 1. The lowest BCUT2D eigenvalue weighted by Crippen LogP contribution is -2.41. The van der Waals surface area contributed by atoms with Crippen LogP contribution in [-0.2, 0) is 29.0 Å². The highest BCUT2D eigenvalue weighted by atomic mass is 16.5. The minimum absolute atomic E-state index is 0.104. The van der Waals surface area contributed by atoms with Gasteiger partial charge in [0.25, 0.3) is 0 Å². The van der Waals surface area contributed by atoms with Crippen LogP contribution in [-0.4, -0.2) is 35.8 Å². The van der Waals surface area contributed by atoms with Gasteiger partial charge < -0.3 is 15.0 Å². The SMILES string of the molecule is N#CC(Cc1ccc(OCc2ccccc2)cc1)NC(=O)CC1CCN(C(=O)CCc2ccccc2)CC1. The van der Waals surface area contributed by atoms with Crippen molar-refractivity contribution in [2.24, 2.45) is 5.92 Å². The second kappa shape index (κ2) is 14.0. The molecule has 0 aliphatic carbocycles. The van der Waals surface area contributed by atoms with E-state index in [2.05, 4.69) is 11.4 Å². The third kappa shape index (κ3) is 8.48. The van der Waals surface area contributed by atoms with Gasteiger partial charge in [-0.25, -0.2) is 0 Å². The summed E-state index contributed by atoms with van der Waals surface area (Å²) >= 11 is 0. The lowest BCUT2D eigenvalue weighted by atomic mass is 9.92. The molecule has 4 rings (SSSR count). The number of hydrogen-bond donors (Lipinski definition) is 1. The zero-order valence-corrected chi connectivity index (χ0v) is 21.7. The monoisotopic (exact) mass is 509 g/mol. The van der Waals surface area contributed by atoms with Crippen LogP contribution in [0.1, 0.15) is 42.4 Å². The Morgan fingerprint density at radius 1 is 0.895 bits per heavy atom. The van der Waals surface area contributed by atoms with Crippen molar-refractivity contribution >= 4 is 11.8 Å². The Hall–Kier alpha value is -4.11. The Kier molecular flexibility index (Phi) is 9.92. The normalized spacial score (nSPS) is 14.3. The van der Waals surface area contributed by atoms with E-state index in [9.17, 15) is 14.9 Å². The fraction of sp³-hybridized carbons (Fsp3) is 0.344. The first-order valence-electron chi connectivity index (χ1n) is 13.4. The first-order valence-corrected chi connectivity index (χ1v) is 13.4. The standard InChI is InChI=1S/C32H35N3O3/c33-23-29(21-26-11-14-30(15-12-26)38-24-28-9-5-2-6-10-28)34-31(36)22-27-17-19-35(20-18-27)32(37)16-13-25-7-3-1-4-8-25/h1-12,14-15,27,29H,13,16-22,24H2,(H,34,36). The number of amides is 2. The molecule has 38 heavy (non-hydrogen) atoms. The van der Waals surface area contributed by atoms with Gasteiger partial charge in [-0.3, -0.25) is 9.59 Å². The van der Waals surface area contributed by atoms with Crippen molar-refractivity contribution in [2.75, 3.05) is 13.1 Å². The van der Waals surface area contributed by atoms with Crippen LogP contribution in [0.2, 0.25) is 0 Å². The van der Waals surface area contributed by atoms with Crippen LogP contribution in [0.25, 0.3) is 0 Å². The number of ether oxygens (including phenoxy) is 1. The van der Waals surface area contributed by atoms with Crippen molar-refractivity contribution in [1.29, 1.82) is 5.26 Å². The van der Waals surface area contributed by atoms with Gasteiger partial charge in [-0.2, -0.15) is 5.26 Å². The largest absolute Gasteiger partial charge is 0.489 e. The van der Waals surface area contributed by atoms with Crippen LogP contribution >= 0.6 is 0 Å². The zero-order valence-electron chi connectivity index (χ0n) is 21.7. The maximum Gasteiger partial charge on any atom is 0.222 e. The topological polar surface area (TPSA) is 82.4 Å². The van der Waals surface area contributed by atoms with Crippen molar-refractivity contribution in [2.45, 2.75) is 51.2 Å². The second-order valence-electron chi connectivity index (χ2n) is 9.89. The van der Waals surface area contributed by atoms with Crippen molar-refractivity contribution in [1.82, 2.24) is 10.2 Å².